The summed E-state index contributed by atoms with van der Waals surface area (Å²) < 4.78 is 14.9. The summed E-state index contributed by atoms with van der Waals surface area (Å²) in [5.41, 5.74) is 3.45. The lowest BCUT2D eigenvalue weighted by molar-refractivity contribution is -0.115. The number of nitrogens with one attached hydrogen (secondary N) is 1. The molecule has 3 aromatic rings. The highest BCUT2D eigenvalue weighted by Crippen LogP contribution is 2.25. The summed E-state index contributed by atoms with van der Waals surface area (Å²) in [6.45, 7) is 5.76. The third-order valence-electron chi connectivity index (χ3n) is 3.64. The largest absolute Gasteiger partial charge is 0.325 e. The van der Waals surface area contributed by atoms with Crippen molar-refractivity contribution in [2.45, 2.75) is 31.2 Å². The fourth-order valence-electron chi connectivity index (χ4n) is 2.51. The van der Waals surface area contributed by atoms with E-state index in [1.54, 1.807) is 23.7 Å². The Hall–Kier alpha value is -2.74. The second-order valence-corrected chi connectivity index (χ2v) is 7.29. The minimum atomic E-state index is -0.464. The molecule has 1 heterocycles. The van der Waals surface area contributed by atoms with Gasteiger partial charge in [0.1, 0.15) is 5.82 Å². The summed E-state index contributed by atoms with van der Waals surface area (Å²) in [4.78, 5) is 12.4. The van der Waals surface area contributed by atoms with Gasteiger partial charge in [0.25, 0.3) is 0 Å². The molecule has 1 N–H and O–H groups in total. The van der Waals surface area contributed by atoms with Crippen molar-refractivity contribution in [2.24, 2.45) is 0 Å². The number of amides is 1. The van der Waals surface area contributed by atoms with E-state index >= 15 is 0 Å². The Labute approximate surface area is 154 Å². The normalized spacial score (nSPS) is 12.0. The molecule has 0 fully saturated rings. The monoisotopic (exact) mass is 371 g/mol. The molecule has 2 aromatic carbocycles. The maximum Gasteiger partial charge on any atom is 0.237 e. The molecule has 134 valence electrons. The van der Waals surface area contributed by atoms with Crippen LogP contribution in [0.2, 0.25) is 0 Å². The van der Waals surface area contributed by atoms with Gasteiger partial charge in [0.05, 0.1) is 10.9 Å². The first-order chi connectivity index (χ1) is 12.4. The average molecular weight is 371 g/mol. The molecule has 0 aliphatic heterocycles. The Kier molecular flexibility index (Phi) is 5.32. The third kappa shape index (κ3) is 4.26. The lowest BCUT2D eigenvalue weighted by Gasteiger charge is -2.12. The van der Waals surface area contributed by atoms with Crippen molar-refractivity contribution in [3.05, 3.63) is 59.4 Å². The van der Waals surface area contributed by atoms with Crippen LogP contribution in [0.5, 0.6) is 0 Å². The number of hydrogen-bond acceptors (Lipinski definition) is 5. The van der Waals surface area contributed by atoms with Crippen molar-refractivity contribution >= 4 is 23.4 Å². The van der Waals surface area contributed by atoms with Gasteiger partial charge in [-0.1, -0.05) is 23.9 Å². The first-order valence-electron chi connectivity index (χ1n) is 8.02. The number of aryl methyl sites for hydroxylation is 2. The van der Waals surface area contributed by atoms with Gasteiger partial charge in [-0.25, -0.2) is 4.39 Å². The Morgan fingerprint density at radius 3 is 2.62 bits per heavy atom. The van der Waals surface area contributed by atoms with E-state index in [1.807, 2.05) is 26.0 Å². The van der Waals surface area contributed by atoms with E-state index in [4.69, 9.17) is 0 Å². The van der Waals surface area contributed by atoms with Gasteiger partial charge in [0.2, 0.25) is 11.1 Å². The molecule has 0 aliphatic rings. The molecule has 0 saturated carbocycles. The lowest BCUT2D eigenvalue weighted by Crippen LogP contribution is -2.23. The van der Waals surface area contributed by atoms with Crippen molar-refractivity contribution in [1.82, 2.24) is 20.2 Å². The van der Waals surface area contributed by atoms with Gasteiger partial charge in [0.15, 0.2) is 0 Å². The van der Waals surface area contributed by atoms with E-state index in [9.17, 15) is 9.18 Å². The van der Waals surface area contributed by atoms with Gasteiger partial charge >= 0.3 is 0 Å². The molecule has 1 aromatic heterocycles. The first kappa shape index (κ1) is 18.1. The standard InChI is InChI=1S/C18H18FN5OS/c1-11-7-12(2)9-16(8-11)24-18(21-22-23-24)26-13(3)17(25)20-15-6-4-5-14(19)10-15/h4-10,13H,1-3H3,(H,20,25)/t13-/m1/s1. The molecule has 1 atom stereocenters. The molecule has 6 nitrogen and oxygen atoms in total. The number of benzene rings is 2. The van der Waals surface area contributed by atoms with E-state index in [-0.39, 0.29) is 5.91 Å². The predicted molar refractivity (Wildman–Crippen MR) is 99.0 cm³/mol. The summed E-state index contributed by atoms with van der Waals surface area (Å²) in [5.74, 6) is -0.655. The molecule has 1 amide bonds. The first-order valence-corrected chi connectivity index (χ1v) is 8.90. The van der Waals surface area contributed by atoms with E-state index in [0.717, 1.165) is 16.8 Å². The molecular weight excluding hydrogens is 353 g/mol. The number of hydrogen-bond donors (Lipinski definition) is 1. The van der Waals surface area contributed by atoms with Crippen LogP contribution in [0, 0.1) is 19.7 Å². The molecule has 0 radical (unpaired) electrons. The van der Waals surface area contributed by atoms with Crippen LogP contribution in [0.4, 0.5) is 10.1 Å². The molecule has 0 aliphatic carbocycles. The van der Waals surface area contributed by atoms with Crippen LogP contribution in [-0.4, -0.2) is 31.4 Å². The topological polar surface area (TPSA) is 72.7 Å². The molecule has 0 saturated heterocycles. The minimum absolute atomic E-state index is 0.254. The van der Waals surface area contributed by atoms with Crippen LogP contribution in [0.3, 0.4) is 0 Å². The summed E-state index contributed by atoms with van der Waals surface area (Å²) in [5, 5.41) is 14.5. The zero-order chi connectivity index (χ0) is 18.7. The van der Waals surface area contributed by atoms with Gasteiger partial charge < -0.3 is 5.32 Å². The van der Waals surface area contributed by atoms with Gasteiger partial charge in [-0.15, -0.1) is 5.10 Å². The zero-order valence-corrected chi connectivity index (χ0v) is 15.4. The zero-order valence-electron chi connectivity index (χ0n) is 14.6. The quantitative estimate of drug-likeness (QED) is 0.695. The number of anilines is 1. The maximum atomic E-state index is 13.2. The number of carbonyl (C=O) groups is 1. The smallest absolute Gasteiger partial charge is 0.237 e. The van der Waals surface area contributed by atoms with E-state index in [2.05, 4.69) is 26.9 Å². The number of halogens is 1. The fourth-order valence-corrected chi connectivity index (χ4v) is 3.32. The fraction of sp³-hybridized carbons (Fsp3) is 0.222. The van der Waals surface area contributed by atoms with Crippen LogP contribution < -0.4 is 5.32 Å². The number of aromatic nitrogens is 4. The second-order valence-electron chi connectivity index (χ2n) is 5.98. The molecule has 0 unspecified atom stereocenters. The molecule has 0 spiro atoms. The number of carbonyl (C=O) groups excluding carboxylic acids is 1. The number of thioether (sulfide) groups is 1. The number of nitrogens with zero attached hydrogens (tertiary/aromatic N) is 4. The van der Waals surface area contributed by atoms with E-state index in [0.29, 0.717) is 10.8 Å². The van der Waals surface area contributed by atoms with Gasteiger partial charge in [-0.05, 0) is 72.7 Å². The Balaban J connectivity index is 1.75. The van der Waals surface area contributed by atoms with Crippen molar-refractivity contribution in [3.63, 3.8) is 0 Å². The van der Waals surface area contributed by atoms with Gasteiger partial charge in [-0.3, -0.25) is 4.79 Å². The van der Waals surface area contributed by atoms with Gasteiger partial charge in [0, 0.05) is 5.69 Å². The number of rotatable bonds is 5. The van der Waals surface area contributed by atoms with E-state index in [1.165, 1.54) is 23.9 Å². The summed E-state index contributed by atoms with van der Waals surface area (Å²) >= 11 is 1.24. The molecule has 3 rings (SSSR count). The van der Waals surface area contributed by atoms with Crippen molar-refractivity contribution in [1.29, 1.82) is 0 Å². The maximum absolute atomic E-state index is 13.2. The highest BCUT2D eigenvalue weighted by molar-refractivity contribution is 8.00. The SMILES string of the molecule is Cc1cc(C)cc(-n2nnnc2S[C@H](C)C(=O)Nc2cccc(F)c2)c1. The highest BCUT2D eigenvalue weighted by atomic mass is 32.2. The van der Waals surface area contributed by atoms with Crippen LogP contribution in [0.1, 0.15) is 18.1 Å². The third-order valence-corrected chi connectivity index (χ3v) is 4.67. The van der Waals surface area contributed by atoms with Crippen molar-refractivity contribution < 1.29 is 9.18 Å². The molecular formula is C18H18FN5OS. The van der Waals surface area contributed by atoms with Crippen molar-refractivity contribution in [3.8, 4) is 5.69 Å². The summed E-state index contributed by atoms with van der Waals surface area (Å²) in [6, 6.07) is 11.8. The lowest BCUT2D eigenvalue weighted by atomic mass is 10.1. The van der Waals surface area contributed by atoms with Crippen LogP contribution in [0.25, 0.3) is 5.69 Å². The van der Waals surface area contributed by atoms with Crippen LogP contribution in [-0.2, 0) is 4.79 Å². The summed E-state index contributed by atoms with van der Waals surface area (Å²) in [6.07, 6.45) is 0. The second kappa shape index (κ2) is 7.65. The predicted octanol–water partition coefficient (Wildman–Crippen LogP) is 3.54. The molecule has 0 bridgehead atoms. The number of tetrazole rings is 1. The highest BCUT2D eigenvalue weighted by Gasteiger charge is 2.19. The Morgan fingerprint density at radius 1 is 1.19 bits per heavy atom. The van der Waals surface area contributed by atoms with Crippen LogP contribution in [0.15, 0.2) is 47.6 Å². The van der Waals surface area contributed by atoms with Crippen molar-refractivity contribution in [2.75, 3.05) is 5.32 Å². The molecule has 26 heavy (non-hydrogen) atoms. The Bertz CT molecular complexity index is 923. The summed E-state index contributed by atoms with van der Waals surface area (Å²) in [7, 11) is 0. The minimum Gasteiger partial charge on any atom is -0.325 e. The van der Waals surface area contributed by atoms with E-state index < -0.39 is 11.1 Å². The average Bonchev–Trinajstić information content (AvgIpc) is 3.02. The molecule has 8 heteroatoms. The Morgan fingerprint density at radius 2 is 1.92 bits per heavy atom. The van der Waals surface area contributed by atoms with Gasteiger partial charge in [-0.2, -0.15) is 4.68 Å². The van der Waals surface area contributed by atoms with Crippen LogP contribution >= 0.6 is 11.8 Å².